The average molecular weight is 524 g/mol. The van der Waals surface area contributed by atoms with Crippen molar-refractivity contribution in [1.29, 1.82) is 0 Å². The summed E-state index contributed by atoms with van der Waals surface area (Å²) < 4.78 is 16.1. The largest absolute Gasteiger partial charge is 0.491 e. The third-order valence-electron chi connectivity index (χ3n) is 6.25. The van der Waals surface area contributed by atoms with Gasteiger partial charge in [-0.05, 0) is 49.1 Å². The molecule has 0 unspecified atom stereocenters. The Morgan fingerprint density at radius 2 is 1.92 bits per heavy atom. The van der Waals surface area contributed by atoms with E-state index >= 15 is 0 Å². The normalized spacial score (nSPS) is 15.1. The third kappa shape index (κ3) is 7.15. The van der Waals surface area contributed by atoms with Crippen LogP contribution in [0.15, 0.2) is 54.0 Å². The lowest BCUT2D eigenvalue weighted by molar-refractivity contribution is -0.125. The molecule has 37 heavy (non-hydrogen) atoms. The van der Waals surface area contributed by atoms with Gasteiger partial charge >= 0.3 is 0 Å². The second kappa shape index (κ2) is 13.3. The molecule has 2 amide bonds. The molecule has 1 saturated heterocycles. The van der Waals surface area contributed by atoms with Gasteiger partial charge < -0.3 is 24.4 Å². The molecule has 2 heterocycles. The third-order valence-corrected chi connectivity index (χ3v) is 7.23. The standard InChI is InChI=1S/C28H33N3O5S/c1-20-26(37-19-30-20)22-10-8-21(9-11-22)18-29-27(32)25-7-4-12-31(25)28(33)23-5-3-6-24(17-23)36-16-15-35-14-13-34-2/h3,5-6,8-11,17,19,25H,4,7,12-16,18H2,1-2H3,(H,29,32)/t25-/m0/s1. The van der Waals surface area contributed by atoms with Crippen LogP contribution in [-0.4, -0.2) is 67.8 Å². The van der Waals surface area contributed by atoms with Gasteiger partial charge in [0.05, 0.1) is 35.9 Å². The number of carbonyl (C=O) groups is 2. The first-order valence-corrected chi connectivity index (χ1v) is 13.3. The molecule has 1 aliphatic heterocycles. The van der Waals surface area contributed by atoms with Crippen LogP contribution in [-0.2, 0) is 20.8 Å². The van der Waals surface area contributed by atoms with Gasteiger partial charge in [0.2, 0.25) is 5.91 Å². The summed E-state index contributed by atoms with van der Waals surface area (Å²) in [5.74, 6) is 0.302. The van der Waals surface area contributed by atoms with Crippen molar-refractivity contribution in [2.45, 2.75) is 32.4 Å². The molecule has 2 aromatic carbocycles. The lowest BCUT2D eigenvalue weighted by Gasteiger charge is -2.24. The molecular weight excluding hydrogens is 490 g/mol. The Labute approximate surface area is 221 Å². The summed E-state index contributed by atoms with van der Waals surface area (Å²) in [6.45, 7) is 4.82. The van der Waals surface area contributed by atoms with Crippen molar-refractivity contribution >= 4 is 23.2 Å². The van der Waals surface area contributed by atoms with Crippen molar-refractivity contribution in [2.75, 3.05) is 40.1 Å². The molecule has 1 aromatic heterocycles. The lowest BCUT2D eigenvalue weighted by Crippen LogP contribution is -2.45. The zero-order valence-electron chi connectivity index (χ0n) is 21.3. The number of methoxy groups -OCH3 is 1. The number of thiazole rings is 1. The van der Waals surface area contributed by atoms with E-state index in [0.717, 1.165) is 28.1 Å². The van der Waals surface area contributed by atoms with Crippen LogP contribution in [0.4, 0.5) is 0 Å². The van der Waals surface area contributed by atoms with E-state index in [-0.39, 0.29) is 11.8 Å². The van der Waals surface area contributed by atoms with E-state index in [1.54, 1.807) is 41.5 Å². The molecule has 1 aliphatic rings. The van der Waals surface area contributed by atoms with E-state index in [1.165, 1.54) is 0 Å². The first kappa shape index (κ1) is 26.8. The summed E-state index contributed by atoms with van der Waals surface area (Å²) in [4.78, 5) is 33.4. The van der Waals surface area contributed by atoms with Crippen LogP contribution in [0.3, 0.4) is 0 Å². The van der Waals surface area contributed by atoms with Gasteiger partial charge in [0.15, 0.2) is 0 Å². The van der Waals surface area contributed by atoms with Gasteiger partial charge in [-0.15, -0.1) is 11.3 Å². The molecule has 0 saturated carbocycles. The molecule has 1 atom stereocenters. The van der Waals surface area contributed by atoms with Crippen LogP contribution in [0.25, 0.3) is 10.4 Å². The minimum Gasteiger partial charge on any atom is -0.491 e. The van der Waals surface area contributed by atoms with Crippen molar-refractivity contribution < 1.29 is 23.8 Å². The Balaban J connectivity index is 1.30. The molecule has 1 fully saturated rings. The fourth-order valence-electron chi connectivity index (χ4n) is 4.29. The van der Waals surface area contributed by atoms with E-state index in [9.17, 15) is 9.59 Å². The molecule has 0 aliphatic carbocycles. The van der Waals surface area contributed by atoms with Crippen LogP contribution < -0.4 is 10.1 Å². The molecule has 0 radical (unpaired) electrons. The smallest absolute Gasteiger partial charge is 0.254 e. The minimum atomic E-state index is -0.481. The van der Waals surface area contributed by atoms with Crippen LogP contribution in [0.2, 0.25) is 0 Å². The molecular formula is C28H33N3O5S. The molecule has 9 heteroatoms. The zero-order chi connectivity index (χ0) is 26.0. The first-order valence-electron chi connectivity index (χ1n) is 12.4. The number of rotatable bonds is 12. The summed E-state index contributed by atoms with van der Waals surface area (Å²) in [6.07, 6.45) is 1.44. The Morgan fingerprint density at radius 1 is 1.11 bits per heavy atom. The number of nitrogens with one attached hydrogen (secondary N) is 1. The number of amides is 2. The highest BCUT2D eigenvalue weighted by Crippen LogP contribution is 2.27. The number of nitrogens with zero attached hydrogens (tertiary/aromatic N) is 2. The molecule has 3 aromatic rings. The Morgan fingerprint density at radius 3 is 2.68 bits per heavy atom. The highest BCUT2D eigenvalue weighted by Gasteiger charge is 2.34. The van der Waals surface area contributed by atoms with Crippen molar-refractivity contribution in [1.82, 2.24) is 15.2 Å². The second-order valence-corrected chi connectivity index (χ2v) is 9.67. The quantitative estimate of drug-likeness (QED) is 0.360. The molecule has 0 spiro atoms. The SMILES string of the molecule is COCCOCCOc1cccc(C(=O)N2CCC[C@H]2C(=O)NCc2ccc(-c3scnc3C)cc2)c1. The summed E-state index contributed by atoms with van der Waals surface area (Å²) in [5.41, 5.74) is 5.49. The van der Waals surface area contributed by atoms with Gasteiger partial charge in [-0.1, -0.05) is 30.3 Å². The monoisotopic (exact) mass is 523 g/mol. The second-order valence-electron chi connectivity index (χ2n) is 8.82. The van der Waals surface area contributed by atoms with Gasteiger partial charge in [0, 0.05) is 25.8 Å². The Kier molecular flexibility index (Phi) is 9.65. The van der Waals surface area contributed by atoms with E-state index in [4.69, 9.17) is 14.2 Å². The summed E-state index contributed by atoms with van der Waals surface area (Å²) in [5, 5.41) is 3.01. The van der Waals surface area contributed by atoms with E-state index in [2.05, 4.69) is 10.3 Å². The molecule has 1 N–H and O–H groups in total. The number of carbonyl (C=O) groups excluding carboxylic acids is 2. The predicted octanol–water partition coefficient (Wildman–Crippen LogP) is 4.08. The van der Waals surface area contributed by atoms with E-state index in [0.29, 0.717) is 57.3 Å². The lowest BCUT2D eigenvalue weighted by atomic mass is 10.1. The van der Waals surface area contributed by atoms with Gasteiger partial charge in [-0.2, -0.15) is 0 Å². The number of likely N-dealkylation sites (tertiary alicyclic amines) is 1. The topological polar surface area (TPSA) is 90.0 Å². The maximum Gasteiger partial charge on any atom is 0.254 e. The van der Waals surface area contributed by atoms with Crippen LogP contribution >= 0.6 is 11.3 Å². The minimum absolute atomic E-state index is 0.131. The Bertz CT molecular complexity index is 1180. The fraction of sp³-hybridized carbons (Fsp3) is 0.393. The van der Waals surface area contributed by atoms with Gasteiger partial charge in [-0.3, -0.25) is 9.59 Å². The number of aromatic nitrogens is 1. The highest BCUT2D eigenvalue weighted by atomic mass is 32.1. The number of hydrogen-bond donors (Lipinski definition) is 1. The van der Waals surface area contributed by atoms with Crippen LogP contribution in [0.1, 0.15) is 34.5 Å². The molecule has 8 nitrogen and oxygen atoms in total. The molecule has 4 rings (SSSR count). The zero-order valence-corrected chi connectivity index (χ0v) is 22.1. The maximum atomic E-state index is 13.3. The number of benzene rings is 2. The predicted molar refractivity (Wildman–Crippen MR) is 143 cm³/mol. The van der Waals surface area contributed by atoms with Crippen molar-refractivity contribution in [2.24, 2.45) is 0 Å². The molecule has 0 bridgehead atoms. The van der Waals surface area contributed by atoms with Gasteiger partial charge in [0.25, 0.3) is 5.91 Å². The fourth-order valence-corrected chi connectivity index (χ4v) is 5.10. The van der Waals surface area contributed by atoms with Crippen molar-refractivity contribution in [3.63, 3.8) is 0 Å². The number of ether oxygens (including phenoxy) is 3. The number of hydrogen-bond acceptors (Lipinski definition) is 7. The van der Waals surface area contributed by atoms with Crippen LogP contribution in [0, 0.1) is 6.92 Å². The average Bonchev–Trinajstić information content (AvgIpc) is 3.59. The molecule has 196 valence electrons. The maximum absolute atomic E-state index is 13.3. The Hall–Kier alpha value is -3.27. The highest BCUT2D eigenvalue weighted by molar-refractivity contribution is 7.13. The van der Waals surface area contributed by atoms with Gasteiger partial charge in [0.1, 0.15) is 18.4 Å². The summed E-state index contributed by atoms with van der Waals surface area (Å²) in [7, 11) is 1.63. The van der Waals surface area contributed by atoms with Crippen molar-refractivity contribution in [3.05, 3.63) is 70.9 Å². The van der Waals surface area contributed by atoms with E-state index < -0.39 is 6.04 Å². The van der Waals surface area contributed by atoms with Crippen molar-refractivity contribution in [3.8, 4) is 16.2 Å². The number of aryl methyl sites for hydroxylation is 1. The summed E-state index contributed by atoms with van der Waals surface area (Å²) >= 11 is 1.62. The van der Waals surface area contributed by atoms with Crippen LogP contribution in [0.5, 0.6) is 5.75 Å². The first-order chi connectivity index (χ1) is 18.1. The summed E-state index contributed by atoms with van der Waals surface area (Å²) in [6, 6.07) is 14.7. The van der Waals surface area contributed by atoms with E-state index in [1.807, 2.05) is 42.8 Å². The van der Waals surface area contributed by atoms with Gasteiger partial charge in [-0.25, -0.2) is 4.98 Å².